The molecule has 0 aliphatic rings. The molecule has 0 radical (unpaired) electrons. The van der Waals surface area contributed by atoms with Gasteiger partial charge in [0.15, 0.2) is 0 Å². The van der Waals surface area contributed by atoms with Gasteiger partial charge in [-0.3, -0.25) is 4.90 Å². The number of aryl methyl sites for hydroxylation is 1. The highest BCUT2D eigenvalue weighted by molar-refractivity contribution is 7.12. The van der Waals surface area contributed by atoms with Crippen LogP contribution in [0.4, 0.5) is 0 Å². The molecule has 0 saturated carbocycles. The fourth-order valence-corrected chi connectivity index (χ4v) is 3.95. The first-order valence-electron chi connectivity index (χ1n) is 7.77. The maximum atomic E-state index is 9.45. The van der Waals surface area contributed by atoms with Gasteiger partial charge in [0.1, 0.15) is 0 Å². The molecule has 0 aliphatic heterocycles. The molecule has 0 amide bonds. The van der Waals surface area contributed by atoms with Crippen molar-refractivity contribution in [3.05, 3.63) is 21.9 Å². The van der Waals surface area contributed by atoms with E-state index in [0.717, 1.165) is 19.3 Å². The second-order valence-corrected chi connectivity index (χ2v) is 6.72. The molecule has 1 aromatic rings. The van der Waals surface area contributed by atoms with E-state index < -0.39 is 0 Å². The molecule has 0 aromatic carbocycles. The molecule has 2 atom stereocenters. The zero-order chi connectivity index (χ0) is 15.1. The normalized spacial score (nSPS) is 15.0. The fourth-order valence-electron chi connectivity index (χ4n) is 2.88. The molecular weight excluding hydrogens is 268 g/mol. The lowest BCUT2D eigenvalue weighted by molar-refractivity contribution is 0.0831. The quantitative estimate of drug-likeness (QED) is 0.735. The van der Waals surface area contributed by atoms with Crippen molar-refractivity contribution in [1.82, 2.24) is 4.90 Å². The molecule has 1 rings (SSSR count). The Labute approximate surface area is 127 Å². The van der Waals surface area contributed by atoms with Crippen LogP contribution < -0.4 is 5.73 Å². The smallest absolute Gasteiger partial charge is 0.0596 e. The van der Waals surface area contributed by atoms with Crippen LogP contribution in [-0.2, 0) is 0 Å². The van der Waals surface area contributed by atoms with E-state index in [1.165, 1.54) is 9.75 Å². The first-order valence-corrected chi connectivity index (χ1v) is 8.59. The Morgan fingerprint density at radius 3 is 2.25 bits per heavy atom. The van der Waals surface area contributed by atoms with E-state index in [2.05, 4.69) is 44.7 Å². The minimum absolute atomic E-state index is 0.111. The average molecular weight is 298 g/mol. The Hall–Kier alpha value is -0.420. The summed E-state index contributed by atoms with van der Waals surface area (Å²) in [5.41, 5.74) is 6.42. The van der Waals surface area contributed by atoms with Crippen LogP contribution in [0.5, 0.6) is 0 Å². The molecule has 1 heterocycles. The predicted octanol–water partition coefficient (Wildman–Crippen LogP) is 3.32. The van der Waals surface area contributed by atoms with Crippen molar-refractivity contribution >= 4 is 11.3 Å². The van der Waals surface area contributed by atoms with Crippen molar-refractivity contribution in [3.8, 4) is 0 Å². The predicted molar refractivity (Wildman–Crippen MR) is 88.2 cm³/mol. The standard InChI is InChI=1S/C16H30N2OS/c1-5-13(6-2)18(10-11-19)16(14(17)7-3)15-9-8-12(4)20-15/h8-9,13-14,16,19H,5-7,10-11,17H2,1-4H3. The summed E-state index contributed by atoms with van der Waals surface area (Å²) in [5, 5.41) is 9.45. The number of hydrogen-bond donors (Lipinski definition) is 2. The Balaban J connectivity index is 3.10. The lowest BCUT2D eigenvalue weighted by Gasteiger charge is -2.39. The Morgan fingerprint density at radius 1 is 1.20 bits per heavy atom. The van der Waals surface area contributed by atoms with Crippen LogP contribution in [0.1, 0.15) is 55.8 Å². The highest BCUT2D eigenvalue weighted by Crippen LogP contribution is 2.33. The van der Waals surface area contributed by atoms with E-state index >= 15 is 0 Å². The SMILES string of the molecule is CCC(N)C(c1ccc(C)s1)N(CCO)C(CC)CC. The molecule has 3 N–H and O–H groups in total. The van der Waals surface area contributed by atoms with Crippen molar-refractivity contribution in [1.29, 1.82) is 0 Å². The zero-order valence-corrected chi connectivity index (χ0v) is 14.1. The van der Waals surface area contributed by atoms with Gasteiger partial charge in [-0.15, -0.1) is 11.3 Å². The Morgan fingerprint density at radius 2 is 1.85 bits per heavy atom. The number of nitrogens with zero attached hydrogens (tertiary/aromatic N) is 1. The highest BCUT2D eigenvalue weighted by Gasteiger charge is 2.30. The summed E-state index contributed by atoms with van der Waals surface area (Å²) < 4.78 is 0. The van der Waals surface area contributed by atoms with Gasteiger partial charge < -0.3 is 10.8 Å². The Bertz CT molecular complexity index is 376. The lowest BCUT2D eigenvalue weighted by atomic mass is 9.99. The van der Waals surface area contributed by atoms with Gasteiger partial charge in [-0.25, -0.2) is 0 Å². The van der Waals surface area contributed by atoms with Gasteiger partial charge in [0.25, 0.3) is 0 Å². The van der Waals surface area contributed by atoms with E-state index in [1.54, 1.807) is 0 Å². The fraction of sp³-hybridized carbons (Fsp3) is 0.750. The number of aliphatic hydroxyl groups is 1. The van der Waals surface area contributed by atoms with Gasteiger partial charge >= 0.3 is 0 Å². The number of rotatable bonds is 9. The summed E-state index contributed by atoms with van der Waals surface area (Å²) in [5.74, 6) is 0. The molecule has 0 bridgehead atoms. The van der Waals surface area contributed by atoms with E-state index in [1.807, 2.05) is 11.3 Å². The summed E-state index contributed by atoms with van der Waals surface area (Å²) in [7, 11) is 0. The molecule has 0 spiro atoms. The number of nitrogens with two attached hydrogens (primary N) is 1. The Kier molecular flexibility index (Phi) is 7.74. The van der Waals surface area contributed by atoms with E-state index in [-0.39, 0.29) is 18.7 Å². The van der Waals surface area contributed by atoms with Crippen LogP contribution in [0.3, 0.4) is 0 Å². The van der Waals surface area contributed by atoms with Crippen LogP contribution in [0.2, 0.25) is 0 Å². The summed E-state index contributed by atoms with van der Waals surface area (Å²) >= 11 is 1.83. The van der Waals surface area contributed by atoms with E-state index in [9.17, 15) is 5.11 Å². The molecule has 2 unspecified atom stereocenters. The molecule has 0 saturated heterocycles. The maximum Gasteiger partial charge on any atom is 0.0596 e. The van der Waals surface area contributed by atoms with Crippen LogP contribution >= 0.6 is 11.3 Å². The average Bonchev–Trinajstić information content (AvgIpc) is 2.86. The molecule has 0 aliphatic carbocycles. The van der Waals surface area contributed by atoms with Crippen molar-refractivity contribution in [2.45, 2.75) is 65.1 Å². The van der Waals surface area contributed by atoms with Crippen molar-refractivity contribution < 1.29 is 5.11 Å². The highest BCUT2D eigenvalue weighted by atomic mass is 32.1. The van der Waals surface area contributed by atoms with Gasteiger partial charge in [-0.05, 0) is 38.3 Å². The molecule has 116 valence electrons. The molecule has 20 heavy (non-hydrogen) atoms. The zero-order valence-electron chi connectivity index (χ0n) is 13.3. The third-order valence-electron chi connectivity index (χ3n) is 4.06. The summed E-state index contributed by atoms with van der Waals surface area (Å²) in [6, 6.07) is 5.18. The summed E-state index contributed by atoms with van der Waals surface area (Å²) in [6.45, 7) is 9.59. The van der Waals surface area contributed by atoms with Crippen LogP contribution in [0, 0.1) is 6.92 Å². The molecule has 4 heteroatoms. The topological polar surface area (TPSA) is 49.5 Å². The van der Waals surface area contributed by atoms with E-state index in [0.29, 0.717) is 12.6 Å². The lowest BCUT2D eigenvalue weighted by Crippen LogP contribution is -2.46. The third kappa shape index (κ3) is 4.29. The molecule has 1 aromatic heterocycles. The van der Waals surface area contributed by atoms with Gasteiger partial charge in [-0.1, -0.05) is 20.8 Å². The third-order valence-corrected chi connectivity index (χ3v) is 5.13. The largest absolute Gasteiger partial charge is 0.395 e. The van der Waals surface area contributed by atoms with E-state index in [4.69, 9.17) is 5.73 Å². The second kappa shape index (κ2) is 8.78. The van der Waals surface area contributed by atoms with Gasteiger partial charge in [0.05, 0.1) is 12.6 Å². The van der Waals surface area contributed by atoms with Crippen LogP contribution in [0.25, 0.3) is 0 Å². The van der Waals surface area contributed by atoms with Crippen molar-refractivity contribution in [2.75, 3.05) is 13.2 Å². The molecule has 0 fully saturated rings. The second-order valence-electron chi connectivity index (χ2n) is 5.40. The maximum absolute atomic E-state index is 9.45. The van der Waals surface area contributed by atoms with Gasteiger partial charge in [0, 0.05) is 28.4 Å². The van der Waals surface area contributed by atoms with Crippen molar-refractivity contribution in [3.63, 3.8) is 0 Å². The van der Waals surface area contributed by atoms with Crippen molar-refractivity contribution in [2.24, 2.45) is 5.73 Å². The minimum Gasteiger partial charge on any atom is -0.395 e. The molecular formula is C16H30N2OS. The molecule has 3 nitrogen and oxygen atoms in total. The first kappa shape index (κ1) is 17.6. The number of thiophene rings is 1. The van der Waals surface area contributed by atoms with Gasteiger partial charge in [-0.2, -0.15) is 0 Å². The van der Waals surface area contributed by atoms with Crippen LogP contribution in [-0.4, -0.2) is 35.2 Å². The van der Waals surface area contributed by atoms with Gasteiger partial charge in [0.2, 0.25) is 0 Å². The first-order chi connectivity index (χ1) is 9.58. The summed E-state index contributed by atoms with van der Waals surface area (Å²) in [6.07, 6.45) is 3.13. The number of hydrogen-bond acceptors (Lipinski definition) is 4. The van der Waals surface area contributed by atoms with Crippen LogP contribution in [0.15, 0.2) is 12.1 Å². The monoisotopic (exact) mass is 298 g/mol. The summed E-state index contributed by atoms with van der Waals surface area (Å²) in [4.78, 5) is 5.07. The number of aliphatic hydroxyl groups excluding tert-OH is 1. The minimum atomic E-state index is 0.111.